The van der Waals surface area contributed by atoms with Crippen LogP contribution < -0.4 is 9.46 Å². The minimum absolute atomic E-state index is 0.0626. The zero-order chi connectivity index (χ0) is 20.2. The van der Waals surface area contributed by atoms with E-state index in [4.69, 9.17) is 27.9 Å². The number of rotatable bonds is 8. The van der Waals surface area contributed by atoms with Crippen LogP contribution in [-0.2, 0) is 25.6 Å². The lowest BCUT2D eigenvalue weighted by Crippen LogP contribution is -2.18. The standard InChI is InChI=1S/C15H17Cl2N3O5S2/c1-3-4-26(21,22)14-8-13(25-2)15(19-18-14)20-27(23,24)9-10-5-11(16)7-12(17)6-10/h5-8H,3-4,9H2,1-2H3,(H,19,20). The third kappa shape index (κ3) is 5.93. The predicted molar refractivity (Wildman–Crippen MR) is 104 cm³/mol. The number of benzene rings is 1. The van der Waals surface area contributed by atoms with E-state index in [1.807, 2.05) is 0 Å². The number of sulfonamides is 1. The largest absolute Gasteiger partial charge is 0.493 e. The normalized spacial score (nSPS) is 12.0. The van der Waals surface area contributed by atoms with Gasteiger partial charge < -0.3 is 4.74 Å². The van der Waals surface area contributed by atoms with Crippen molar-refractivity contribution in [3.63, 3.8) is 0 Å². The summed E-state index contributed by atoms with van der Waals surface area (Å²) in [5.74, 6) is -0.812. The molecule has 2 rings (SSSR count). The first-order valence-corrected chi connectivity index (χ1v) is 11.7. The SMILES string of the molecule is CCCS(=O)(=O)c1cc(OC)c(NS(=O)(=O)Cc2cc(Cl)cc(Cl)c2)nn1. The molecule has 0 saturated heterocycles. The molecule has 0 unspecified atom stereocenters. The monoisotopic (exact) mass is 453 g/mol. The van der Waals surface area contributed by atoms with Gasteiger partial charge >= 0.3 is 0 Å². The molecule has 27 heavy (non-hydrogen) atoms. The second-order valence-corrected chi connectivity index (χ2v) is 10.2. The van der Waals surface area contributed by atoms with Crippen molar-refractivity contribution in [3.05, 3.63) is 39.9 Å². The zero-order valence-corrected chi connectivity index (χ0v) is 17.6. The average molecular weight is 454 g/mol. The molecule has 0 radical (unpaired) electrons. The number of ether oxygens (including phenoxy) is 1. The van der Waals surface area contributed by atoms with E-state index in [9.17, 15) is 16.8 Å². The summed E-state index contributed by atoms with van der Waals surface area (Å²) in [6, 6.07) is 5.55. The molecule has 1 heterocycles. The highest BCUT2D eigenvalue weighted by Crippen LogP contribution is 2.26. The summed E-state index contributed by atoms with van der Waals surface area (Å²) in [5, 5.41) is 7.59. The van der Waals surface area contributed by atoms with Crippen LogP contribution in [0.15, 0.2) is 29.3 Å². The van der Waals surface area contributed by atoms with Gasteiger partial charge in [0.15, 0.2) is 20.6 Å². The van der Waals surface area contributed by atoms with Crippen molar-refractivity contribution >= 4 is 48.9 Å². The molecule has 0 atom stereocenters. The first-order chi connectivity index (χ1) is 12.6. The number of aromatic nitrogens is 2. The third-order valence-electron chi connectivity index (χ3n) is 3.28. The Morgan fingerprint density at radius 1 is 1.04 bits per heavy atom. The van der Waals surface area contributed by atoms with Crippen LogP contribution in [-0.4, -0.2) is 39.9 Å². The number of halogens is 2. The highest BCUT2D eigenvalue weighted by molar-refractivity contribution is 7.92. The van der Waals surface area contributed by atoms with E-state index >= 15 is 0 Å². The van der Waals surface area contributed by atoms with Gasteiger partial charge in [-0.25, -0.2) is 16.8 Å². The maximum Gasteiger partial charge on any atom is 0.238 e. The number of hydrogen-bond acceptors (Lipinski definition) is 7. The fraction of sp³-hybridized carbons (Fsp3) is 0.333. The fourth-order valence-electron chi connectivity index (χ4n) is 2.21. The zero-order valence-electron chi connectivity index (χ0n) is 14.4. The Morgan fingerprint density at radius 3 is 2.22 bits per heavy atom. The van der Waals surface area contributed by atoms with E-state index < -0.39 is 25.6 Å². The molecule has 0 aliphatic carbocycles. The van der Waals surface area contributed by atoms with Crippen molar-refractivity contribution in [1.82, 2.24) is 10.2 Å². The molecule has 8 nitrogen and oxygen atoms in total. The minimum Gasteiger partial charge on any atom is -0.493 e. The summed E-state index contributed by atoms with van der Waals surface area (Å²) in [6.45, 7) is 1.72. The van der Waals surface area contributed by atoms with Gasteiger partial charge in [-0.3, -0.25) is 4.72 Å². The Bertz CT molecular complexity index is 1020. The molecular formula is C15H17Cl2N3O5S2. The Kier molecular flexibility index (Phi) is 6.90. The van der Waals surface area contributed by atoms with E-state index in [-0.39, 0.29) is 22.3 Å². The van der Waals surface area contributed by atoms with Gasteiger partial charge in [-0.05, 0) is 30.2 Å². The number of methoxy groups -OCH3 is 1. The molecule has 148 valence electrons. The fourth-order valence-corrected chi connectivity index (χ4v) is 5.09. The smallest absolute Gasteiger partial charge is 0.238 e. The highest BCUT2D eigenvalue weighted by Gasteiger charge is 2.22. The lowest BCUT2D eigenvalue weighted by Gasteiger charge is -2.12. The molecule has 0 amide bonds. The second-order valence-electron chi connectivity index (χ2n) is 5.56. The third-order valence-corrected chi connectivity index (χ3v) is 6.72. The van der Waals surface area contributed by atoms with E-state index in [0.29, 0.717) is 22.0 Å². The topological polar surface area (TPSA) is 115 Å². The van der Waals surface area contributed by atoms with Gasteiger partial charge in [-0.2, -0.15) is 0 Å². The van der Waals surface area contributed by atoms with E-state index in [2.05, 4.69) is 14.9 Å². The second kappa shape index (κ2) is 8.59. The molecule has 0 saturated carbocycles. The van der Waals surface area contributed by atoms with Crippen LogP contribution in [0.2, 0.25) is 10.0 Å². The van der Waals surface area contributed by atoms with Gasteiger partial charge in [0.1, 0.15) is 0 Å². The van der Waals surface area contributed by atoms with Crippen molar-refractivity contribution in [2.24, 2.45) is 0 Å². The predicted octanol–water partition coefficient (Wildman–Crippen LogP) is 2.92. The van der Waals surface area contributed by atoms with Crippen molar-refractivity contribution in [3.8, 4) is 5.75 Å². The van der Waals surface area contributed by atoms with Crippen LogP contribution in [0, 0.1) is 0 Å². The molecule has 0 aliphatic heterocycles. The number of hydrogen-bond donors (Lipinski definition) is 1. The van der Waals surface area contributed by atoms with Crippen LogP contribution >= 0.6 is 23.2 Å². The van der Waals surface area contributed by atoms with Gasteiger partial charge in [0, 0.05) is 16.1 Å². The van der Waals surface area contributed by atoms with E-state index in [1.54, 1.807) is 6.92 Å². The van der Waals surface area contributed by atoms with Crippen LogP contribution in [0.1, 0.15) is 18.9 Å². The van der Waals surface area contributed by atoms with E-state index in [1.165, 1.54) is 25.3 Å². The molecule has 0 spiro atoms. The van der Waals surface area contributed by atoms with Crippen molar-refractivity contribution < 1.29 is 21.6 Å². The minimum atomic E-state index is -3.91. The number of sulfone groups is 1. The molecule has 0 fully saturated rings. The van der Waals surface area contributed by atoms with Gasteiger partial charge in [0.2, 0.25) is 15.8 Å². The molecule has 1 N–H and O–H groups in total. The number of nitrogens with one attached hydrogen (secondary N) is 1. The first kappa shape index (κ1) is 21.7. The van der Waals surface area contributed by atoms with Crippen LogP contribution in [0.5, 0.6) is 5.75 Å². The summed E-state index contributed by atoms with van der Waals surface area (Å²) >= 11 is 11.7. The maximum absolute atomic E-state index is 12.4. The Labute approximate surface area is 167 Å². The van der Waals surface area contributed by atoms with Crippen LogP contribution in [0.25, 0.3) is 0 Å². The van der Waals surface area contributed by atoms with Gasteiger partial charge in [-0.15, -0.1) is 10.2 Å². The quantitative estimate of drug-likeness (QED) is 0.652. The molecule has 0 bridgehead atoms. The molecule has 2 aromatic rings. The summed E-state index contributed by atoms with van der Waals surface area (Å²) in [7, 11) is -6.27. The molecule has 1 aromatic heterocycles. The van der Waals surface area contributed by atoms with Gasteiger partial charge in [0.25, 0.3) is 0 Å². The summed E-state index contributed by atoms with van der Waals surface area (Å²) in [6.07, 6.45) is 0.406. The Morgan fingerprint density at radius 2 is 1.67 bits per heavy atom. The first-order valence-electron chi connectivity index (χ1n) is 7.66. The molecular weight excluding hydrogens is 437 g/mol. The number of nitrogens with zero attached hydrogens (tertiary/aromatic N) is 2. The Hall–Kier alpha value is -1.62. The number of anilines is 1. The van der Waals surface area contributed by atoms with Crippen LogP contribution in [0.4, 0.5) is 5.82 Å². The molecule has 12 heteroatoms. The van der Waals surface area contributed by atoms with Crippen molar-refractivity contribution in [2.45, 2.75) is 24.1 Å². The van der Waals surface area contributed by atoms with Gasteiger partial charge in [-0.1, -0.05) is 30.1 Å². The van der Waals surface area contributed by atoms with Crippen LogP contribution in [0.3, 0.4) is 0 Å². The highest BCUT2D eigenvalue weighted by atomic mass is 35.5. The van der Waals surface area contributed by atoms with Crippen molar-refractivity contribution in [2.75, 3.05) is 17.6 Å². The summed E-state index contributed by atoms with van der Waals surface area (Å²) in [4.78, 5) is 0. The summed E-state index contributed by atoms with van der Waals surface area (Å²) < 4.78 is 56.3. The molecule has 0 aliphatic rings. The van der Waals surface area contributed by atoms with Gasteiger partial charge in [0.05, 0.1) is 18.6 Å². The maximum atomic E-state index is 12.4. The summed E-state index contributed by atoms with van der Waals surface area (Å²) in [5.41, 5.74) is 0.370. The van der Waals surface area contributed by atoms with E-state index in [0.717, 1.165) is 6.07 Å². The lowest BCUT2D eigenvalue weighted by molar-refractivity contribution is 0.411. The molecule has 1 aromatic carbocycles. The lowest BCUT2D eigenvalue weighted by atomic mass is 10.2. The average Bonchev–Trinajstić information content (AvgIpc) is 2.53. The Balaban J connectivity index is 2.30. The van der Waals surface area contributed by atoms with Crippen molar-refractivity contribution in [1.29, 1.82) is 0 Å².